The summed E-state index contributed by atoms with van der Waals surface area (Å²) in [6.45, 7) is 7.23. The molecule has 0 aliphatic heterocycles. The monoisotopic (exact) mass is 385 g/mol. The third-order valence-corrected chi connectivity index (χ3v) is 5.96. The van der Waals surface area contributed by atoms with Crippen LogP contribution in [0, 0.1) is 0 Å². The third-order valence-electron chi connectivity index (χ3n) is 5.96. The Bertz CT molecular complexity index is 1370. The molecule has 5 heteroatoms. The zero-order chi connectivity index (χ0) is 20.4. The van der Waals surface area contributed by atoms with E-state index in [9.17, 15) is 5.11 Å². The lowest BCUT2D eigenvalue weighted by Crippen LogP contribution is -2.49. The molecule has 1 radical (unpaired) electrons. The van der Waals surface area contributed by atoms with Crippen LogP contribution in [0.4, 0.5) is 0 Å². The highest BCUT2D eigenvalue weighted by atomic mass is 16.5. The Balaban J connectivity index is 1.60. The van der Waals surface area contributed by atoms with E-state index in [1.54, 1.807) is 21.3 Å². The van der Waals surface area contributed by atoms with Gasteiger partial charge in [-0.3, -0.25) is 0 Å². The maximum Gasteiger partial charge on any atom is 0.330 e. The first-order valence-electron chi connectivity index (χ1n) is 9.74. The highest BCUT2D eigenvalue weighted by Crippen LogP contribution is 2.36. The molecule has 2 heterocycles. The van der Waals surface area contributed by atoms with Gasteiger partial charge in [0.2, 0.25) is 0 Å². The Morgan fingerprint density at radius 1 is 0.724 bits per heavy atom. The summed E-state index contributed by atoms with van der Waals surface area (Å²) in [4.78, 5) is 0. The Labute approximate surface area is 169 Å². The number of para-hydroxylation sites is 1. The van der Waals surface area contributed by atoms with Crippen molar-refractivity contribution in [1.82, 2.24) is 0 Å². The minimum absolute atomic E-state index is 0.720. The number of aliphatic hydroxyl groups is 1. The molecule has 0 aliphatic rings. The third kappa shape index (κ3) is 2.93. The van der Waals surface area contributed by atoms with Crippen molar-refractivity contribution in [2.45, 2.75) is 38.9 Å². The van der Waals surface area contributed by atoms with E-state index in [0.717, 1.165) is 49.3 Å². The maximum absolute atomic E-state index is 10.3. The molecule has 5 rings (SSSR count). The average Bonchev–Trinajstić information content (AvgIpc) is 3.20. The molecule has 5 aromatic rings. The lowest BCUT2D eigenvalue weighted by atomic mass is 9.82. The van der Waals surface area contributed by atoms with E-state index in [-0.39, 0.29) is 0 Å². The van der Waals surface area contributed by atoms with Crippen LogP contribution in [0.15, 0.2) is 63.4 Å². The molecule has 29 heavy (non-hydrogen) atoms. The molecule has 0 amide bonds. The number of fused-ring (bicyclic) bond motifs is 6. The fraction of sp³-hybridized carbons (Fsp3) is 0.250. The smallest absolute Gasteiger partial charge is 0.330 e. The number of benzene rings is 3. The van der Waals surface area contributed by atoms with Gasteiger partial charge in [-0.25, -0.2) is 0 Å². The number of rotatable bonds is 4. The minimum Gasteiger partial charge on any atom is -0.456 e. The average molecular weight is 385 g/mol. The molecule has 0 saturated carbocycles. The molecule has 3 aromatic carbocycles. The van der Waals surface area contributed by atoms with E-state index in [4.69, 9.17) is 13.5 Å². The summed E-state index contributed by atoms with van der Waals surface area (Å²) in [6.07, 6.45) is 0. The van der Waals surface area contributed by atoms with Crippen LogP contribution < -0.4 is 5.46 Å². The van der Waals surface area contributed by atoms with Gasteiger partial charge in [-0.2, -0.15) is 0 Å². The Morgan fingerprint density at radius 2 is 1.34 bits per heavy atom. The molecule has 145 valence electrons. The van der Waals surface area contributed by atoms with Gasteiger partial charge in [0.05, 0.1) is 11.2 Å². The van der Waals surface area contributed by atoms with Gasteiger partial charge in [0.25, 0.3) is 0 Å². The Morgan fingerprint density at radius 3 is 2.07 bits per heavy atom. The van der Waals surface area contributed by atoms with Gasteiger partial charge in [0.15, 0.2) is 0 Å². The first-order valence-corrected chi connectivity index (χ1v) is 9.74. The van der Waals surface area contributed by atoms with E-state index in [2.05, 4.69) is 18.2 Å². The SMILES string of the molecule is CC(C)(O)C(C)(C)O[B]c1ccc2oc3cc4oc5ccccc5c4cc3c2c1. The fourth-order valence-corrected chi connectivity index (χ4v) is 3.45. The first kappa shape index (κ1) is 18.3. The molecule has 1 N–H and O–H groups in total. The summed E-state index contributed by atoms with van der Waals surface area (Å²) in [5.74, 6) is 0. The van der Waals surface area contributed by atoms with Gasteiger partial charge in [0, 0.05) is 27.6 Å². The van der Waals surface area contributed by atoms with Crippen LogP contribution in [0.2, 0.25) is 0 Å². The fourth-order valence-electron chi connectivity index (χ4n) is 3.45. The summed E-state index contributed by atoms with van der Waals surface area (Å²) < 4.78 is 17.9. The summed E-state index contributed by atoms with van der Waals surface area (Å²) in [6, 6.07) is 18.1. The van der Waals surface area contributed by atoms with Crippen molar-refractivity contribution in [2.24, 2.45) is 0 Å². The molecule has 0 bridgehead atoms. The van der Waals surface area contributed by atoms with Crippen molar-refractivity contribution < 1.29 is 18.6 Å². The Hall–Kier alpha value is -2.76. The molecule has 0 aliphatic carbocycles. The van der Waals surface area contributed by atoms with Crippen LogP contribution in [0.5, 0.6) is 0 Å². The van der Waals surface area contributed by atoms with E-state index >= 15 is 0 Å². The van der Waals surface area contributed by atoms with Gasteiger partial charge < -0.3 is 18.6 Å². The molecule has 0 unspecified atom stereocenters. The largest absolute Gasteiger partial charge is 0.456 e. The topological polar surface area (TPSA) is 55.7 Å². The van der Waals surface area contributed by atoms with Crippen LogP contribution in [-0.4, -0.2) is 23.8 Å². The van der Waals surface area contributed by atoms with E-state index in [1.807, 2.05) is 50.2 Å². The predicted octanol–water partition coefficient (Wildman–Crippen LogP) is 5.30. The number of hydrogen-bond donors (Lipinski definition) is 1. The van der Waals surface area contributed by atoms with E-state index in [0.29, 0.717) is 0 Å². The van der Waals surface area contributed by atoms with Gasteiger partial charge in [-0.05, 0) is 45.9 Å². The second-order valence-electron chi connectivity index (χ2n) is 8.61. The van der Waals surface area contributed by atoms with Crippen molar-refractivity contribution >= 4 is 56.8 Å². The van der Waals surface area contributed by atoms with Gasteiger partial charge in [0.1, 0.15) is 22.3 Å². The van der Waals surface area contributed by atoms with Crippen LogP contribution in [0.25, 0.3) is 43.9 Å². The van der Waals surface area contributed by atoms with Crippen molar-refractivity contribution in [2.75, 3.05) is 0 Å². The van der Waals surface area contributed by atoms with Crippen LogP contribution >= 0.6 is 0 Å². The van der Waals surface area contributed by atoms with E-state index < -0.39 is 11.2 Å². The van der Waals surface area contributed by atoms with Crippen molar-refractivity contribution in [3.8, 4) is 0 Å². The van der Waals surface area contributed by atoms with Crippen LogP contribution in [0.3, 0.4) is 0 Å². The van der Waals surface area contributed by atoms with Crippen molar-refractivity contribution in [3.05, 3.63) is 54.6 Å². The zero-order valence-electron chi connectivity index (χ0n) is 16.9. The number of hydrogen-bond acceptors (Lipinski definition) is 4. The maximum atomic E-state index is 10.3. The summed E-state index contributed by atoms with van der Waals surface area (Å²) >= 11 is 0. The molecule has 0 fully saturated rings. The molecule has 4 nitrogen and oxygen atoms in total. The summed E-state index contributed by atoms with van der Waals surface area (Å²) in [7, 11) is 1.70. The molecular formula is C24H22BO4. The molecule has 0 spiro atoms. The van der Waals surface area contributed by atoms with Gasteiger partial charge >= 0.3 is 7.48 Å². The quantitative estimate of drug-likeness (QED) is 0.427. The highest BCUT2D eigenvalue weighted by Gasteiger charge is 2.35. The second-order valence-corrected chi connectivity index (χ2v) is 8.61. The molecule has 0 saturated heterocycles. The standard InChI is InChI=1S/C24H22BO4/c1-23(2,26)24(3,4)29-25-14-9-10-20-16(11-14)18-12-17-15-7-5-6-8-19(15)27-21(17)13-22(18)28-20/h5-13,26H,1-4H3. The van der Waals surface area contributed by atoms with Crippen molar-refractivity contribution in [3.63, 3.8) is 0 Å². The zero-order valence-corrected chi connectivity index (χ0v) is 16.9. The van der Waals surface area contributed by atoms with Crippen LogP contribution in [-0.2, 0) is 4.65 Å². The normalized spacial score (nSPS) is 13.1. The molecule has 0 atom stereocenters. The lowest BCUT2D eigenvalue weighted by molar-refractivity contribution is -0.0893. The highest BCUT2D eigenvalue weighted by molar-refractivity contribution is 6.47. The molecular weight excluding hydrogens is 363 g/mol. The minimum atomic E-state index is -0.968. The Kier molecular flexibility index (Phi) is 3.86. The predicted molar refractivity (Wildman–Crippen MR) is 118 cm³/mol. The second kappa shape index (κ2) is 6.12. The first-order chi connectivity index (χ1) is 13.7. The van der Waals surface area contributed by atoms with Crippen molar-refractivity contribution in [1.29, 1.82) is 0 Å². The van der Waals surface area contributed by atoms with Gasteiger partial charge in [-0.1, -0.05) is 35.8 Å². The molecule has 2 aromatic heterocycles. The number of furan rings is 2. The summed E-state index contributed by atoms with van der Waals surface area (Å²) in [5.41, 5.74) is 2.52. The van der Waals surface area contributed by atoms with E-state index in [1.165, 1.54) is 0 Å². The lowest BCUT2D eigenvalue weighted by Gasteiger charge is -2.37. The summed E-state index contributed by atoms with van der Waals surface area (Å²) in [5, 5.41) is 14.5. The van der Waals surface area contributed by atoms with Crippen LogP contribution in [0.1, 0.15) is 27.7 Å². The van der Waals surface area contributed by atoms with Gasteiger partial charge in [-0.15, -0.1) is 0 Å².